The number of esters is 1. The van der Waals surface area contributed by atoms with Crippen LogP contribution in [0.2, 0.25) is 0 Å². The van der Waals surface area contributed by atoms with Crippen LogP contribution in [0.4, 0.5) is 5.69 Å². The molecule has 2 aromatic carbocycles. The summed E-state index contributed by atoms with van der Waals surface area (Å²) in [7, 11) is 1.31. The third-order valence-electron chi connectivity index (χ3n) is 4.37. The van der Waals surface area contributed by atoms with Crippen LogP contribution in [0.5, 0.6) is 5.75 Å². The second-order valence-electron chi connectivity index (χ2n) is 7.77. The van der Waals surface area contributed by atoms with Gasteiger partial charge in [-0.05, 0) is 53.9 Å². The number of rotatable bonds is 7. The average Bonchev–Trinajstić information content (AvgIpc) is 2.70. The Morgan fingerprint density at radius 3 is 2.33 bits per heavy atom. The molecule has 0 fully saturated rings. The van der Waals surface area contributed by atoms with Gasteiger partial charge < -0.3 is 20.1 Å². The number of nitrogens with one attached hydrogen (secondary N) is 2. The van der Waals surface area contributed by atoms with Crippen molar-refractivity contribution in [3.8, 4) is 5.75 Å². The summed E-state index contributed by atoms with van der Waals surface area (Å²) in [6.07, 6.45) is 0.814. The maximum Gasteiger partial charge on any atom is 0.339 e. The van der Waals surface area contributed by atoms with E-state index in [-0.39, 0.29) is 22.9 Å². The lowest BCUT2D eigenvalue weighted by atomic mass is 9.87. The van der Waals surface area contributed by atoms with E-state index < -0.39 is 5.97 Å². The molecule has 7 heteroatoms. The van der Waals surface area contributed by atoms with Gasteiger partial charge in [0.2, 0.25) is 5.91 Å². The summed E-state index contributed by atoms with van der Waals surface area (Å²) in [6, 6.07) is 14.8. The van der Waals surface area contributed by atoms with E-state index in [1.54, 1.807) is 24.3 Å². The number of hydrogen-bond donors (Lipinski definition) is 2. The molecular weight excluding hydrogens is 400 g/mol. The van der Waals surface area contributed by atoms with Gasteiger partial charge in [-0.2, -0.15) is 0 Å². The van der Waals surface area contributed by atoms with Crippen molar-refractivity contribution < 1.29 is 19.1 Å². The Morgan fingerprint density at radius 2 is 1.70 bits per heavy atom. The molecule has 0 saturated carbocycles. The Kier molecular flexibility index (Phi) is 8.35. The van der Waals surface area contributed by atoms with E-state index >= 15 is 0 Å². The molecule has 2 N–H and O–H groups in total. The smallest absolute Gasteiger partial charge is 0.339 e. The summed E-state index contributed by atoms with van der Waals surface area (Å²) in [5.41, 5.74) is 2.14. The van der Waals surface area contributed by atoms with Crippen LogP contribution in [-0.4, -0.2) is 30.7 Å². The molecule has 0 unspecified atom stereocenters. The average molecular weight is 429 g/mol. The van der Waals surface area contributed by atoms with Crippen molar-refractivity contribution in [2.45, 2.75) is 39.0 Å². The Hall–Kier alpha value is -2.93. The molecule has 6 nitrogen and oxygen atoms in total. The van der Waals surface area contributed by atoms with Crippen LogP contribution >= 0.6 is 12.2 Å². The van der Waals surface area contributed by atoms with Gasteiger partial charge in [0, 0.05) is 6.42 Å². The predicted octanol–water partition coefficient (Wildman–Crippen LogP) is 4.44. The van der Waals surface area contributed by atoms with Gasteiger partial charge >= 0.3 is 5.97 Å². The van der Waals surface area contributed by atoms with Crippen LogP contribution in [0.25, 0.3) is 0 Å². The molecule has 0 radical (unpaired) electrons. The van der Waals surface area contributed by atoms with Crippen molar-refractivity contribution >= 4 is 34.9 Å². The molecular formula is C23H28N2O4S. The van der Waals surface area contributed by atoms with Gasteiger partial charge in [0.25, 0.3) is 0 Å². The summed E-state index contributed by atoms with van der Waals surface area (Å²) in [4.78, 5) is 23.9. The standard InChI is InChI=1S/C23H28N2O4S/c1-23(2,3)16-11-13-17(14-12-16)29-15-7-10-20(26)25-22(30)24-19-9-6-5-8-18(19)21(27)28-4/h5-6,8-9,11-14H,7,10,15H2,1-4H3,(H2,24,25,26,30). The second kappa shape index (κ2) is 10.7. The van der Waals surface area contributed by atoms with Crippen molar-refractivity contribution in [2.75, 3.05) is 19.0 Å². The number of thiocarbonyl (C=S) groups is 1. The van der Waals surface area contributed by atoms with Gasteiger partial charge in [0.05, 0.1) is 25.0 Å². The fourth-order valence-corrected chi connectivity index (χ4v) is 2.92. The predicted molar refractivity (Wildman–Crippen MR) is 122 cm³/mol. The number of hydrogen-bond acceptors (Lipinski definition) is 5. The molecule has 2 rings (SSSR count). The first-order valence-electron chi connectivity index (χ1n) is 9.72. The normalized spacial score (nSPS) is 10.8. The van der Waals surface area contributed by atoms with Crippen LogP contribution in [0.1, 0.15) is 49.5 Å². The molecule has 1 amide bonds. The topological polar surface area (TPSA) is 76.7 Å². The molecule has 0 aliphatic carbocycles. The number of benzene rings is 2. The van der Waals surface area contributed by atoms with Gasteiger partial charge in [-0.25, -0.2) is 4.79 Å². The minimum Gasteiger partial charge on any atom is -0.494 e. The quantitative estimate of drug-likeness (QED) is 0.386. The van der Waals surface area contributed by atoms with Gasteiger partial charge in [-0.3, -0.25) is 4.79 Å². The zero-order valence-electron chi connectivity index (χ0n) is 17.8. The largest absolute Gasteiger partial charge is 0.494 e. The highest BCUT2D eigenvalue weighted by Crippen LogP contribution is 2.24. The van der Waals surface area contributed by atoms with Gasteiger partial charge in [-0.15, -0.1) is 0 Å². The number of amides is 1. The summed E-state index contributed by atoms with van der Waals surface area (Å²) >= 11 is 5.17. The highest BCUT2D eigenvalue weighted by Gasteiger charge is 2.14. The lowest BCUT2D eigenvalue weighted by Gasteiger charge is -2.19. The Balaban J connectivity index is 1.75. The molecule has 160 valence electrons. The van der Waals surface area contributed by atoms with Crippen LogP contribution in [0, 0.1) is 0 Å². The molecule has 0 aromatic heterocycles. The van der Waals surface area contributed by atoms with Gasteiger partial charge in [0.1, 0.15) is 5.75 Å². The molecule has 0 atom stereocenters. The van der Waals surface area contributed by atoms with Crippen LogP contribution in [-0.2, 0) is 14.9 Å². The van der Waals surface area contributed by atoms with Crippen molar-refractivity contribution in [3.63, 3.8) is 0 Å². The van der Waals surface area contributed by atoms with E-state index in [9.17, 15) is 9.59 Å². The lowest BCUT2D eigenvalue weighted by molar-refractivity contribution is -0.119. The first-order valence-corrected chi connectivity index (χ1v) is 10.1. The van der Waals surface area contributed by atoms with Crippen molar-refractivity contribution in [3.05, 3.63) is 59.7 Å². The molecule has 2 aromatic rings. The first-order chi connectivity index (χ1) is 14.2. The zero-order chi connectivity index (χ0) is 22.1. The Labute approximate surface area is 183 Å². The summed E-state index contributed by atoms with van der Waals surface area (Å²) in [6.45, 7) is 6.91. The highest BCUT2D eigenvalue weighted by atomic mass is 32.1. The summed E-state index contributed by atoms with van der Waals surface area (Å²) in [5, 5.41) is 5.59. The Morgan fingerprint density at radius 1 is 1.03 bits per heavy atom. The third-order valence-corrected chi connectivity index (χ3v) is 4.57. The lowest BCUT2D eigenvalue weighted by Crippen LogP contribution is -2.34. The molecule has 0 saturated heterocycles. The van der Waals surface area contributed by atoms with Crippen LogP contribution < -0.4 is 15.4 Å². The van der Waals surface area contributed by atoms with Crippen molar-refractivity contribution in [1.29, 1.82) is 0 Å². The number of para-hydroxylation sites is 1. The Bertz CT molecular complexity index is 889. The summed E-state index contributed by atoms with van der Waals surface area (Å²) < 4.78 is 10.4. The molecule has 0 spiro atoms. The minimum atomic E-state index is -0.486. The zero-order valence-corrected chi connectivity index (χ0v) is 18.6. The molecule has 0 bridgehead atoms. The molecule has 0 aliphatic rings. The van der Waals surface area contributed by atoms with E-state index in [0.717, 1.165) is 5.75 Å². The fraction of sp³-hybridized carbons (Fsp3) is 0.348. The number of anilines is 1. The van der Waals surface area contributed by atoms with E-state index in [1.165, 1.54) is 12.7 Å². The van der Waals surface area contributed by atoms with E-state index in [1.807, 2.05) is 12.1 Å². The minimum absolute atomic E-state index is 0.0977. The second-order valence-corrected chi connectivity index (χ2v) is 8.17. The van der Waals surface area contributed by atoms with E-state index in [0.29, 0.717) is 24.3 Å². The number of carbonyl (C=O) groups is 2. The SMILES string of the molecule is COC(=O)c1ccccc1NC(=S)NC(=O)CCCOc1ccc(C(C)(C)C)cc1. The third kappa shape index (κ3) is 7.15. The molecule has 0 aliphatic heterocycles. The number of carbonyl (C=O) groups excluding carboxylic acids is 2. The van der Waals surface area contributed by atoms with Crippen LogP contribution in [0.15, 0.2) is 48.5 Å². The van der Waals surface area contributed by atoms with E-state index in [4.69, 9.17) is 21.7 Å². The van der Waals surface area contributed by atoms with Gasteiger partial charge in [-0.1, -0.05) is 45.0 Å². The summed E-state index contributed by atoms with van der Waals surface area (Å²) in [5.74, 6) is 0.0645. The molecule has 0 heterocycles. The fourth-order valence-electron chi connectivity index (χ4n) is 2.70. The maximum atomic E-state index is 12.1. The molecule has 30 heavy (non-hydrogen) atoms. The highest BCUT2D eigenvalue weighted by molar-refractivity contribution is 7.80. The van der Waals surface area contributed by atoms with E-state index in [2.05, 4.69) is 43.5 Å². The maximum absolute atomic E-state index is 12.1. The first kappa shape index (κ1) is 23.3. The number of methoxy groups -OCH3 is 1. The number of ether oxygens (including phenoxy) is 2. The van der Waals surface area contributed by atoms with Crippen LogP contribution in [0.3, 0.4) is 0 Å². The monoisotopic (exact) mass is 428 g/mol. The van der Waals surface area contributed by atoms with Crippen molar-refractivity contribution in [1.82, 2.24) is 5.32 Å². The van der Waals surface area contributed by atoms with Crippen molar-refractivity contribution in [2.24, 2.45) is 0 Å². The van der Waals surface area contributed by atoms with Gasteiger partial charge in [0.15, 0.2) is 5.11 Å².